The molecular formula is C15H24N4O. The first-order valence-electron chi connectivity index (χ1n) is 7.32. The molecule has 2 unspecified atom stereocenters. The van der Waals surface area contributed by atoms with Crippen LogP contribution < -0.4 is 16.4 Å². The number of carbonyl (C=O) groups excluding carboxylic acids is 1. The van der Waals surface area contributed by atoms with Crippen molar-refractivity contribution in [3.63, 3.8) is 0 Å². The molecule has 110 valence electrons. The zero-order valence-electron chi connectivity index (χ0n) is 12.3. The molecule has 1 aromatic heterocycles. The lowest BCUT2D eigenvalue weighted by molar-refractivity contribution is 0.100. The molecule has 5 heteroatoms. The van der Waals surface area contributed by atoms with Crippen LogP contribution in [0.2, 0.25) is 0 Å². The summed E-state index contributed by atoms with van der Waals surface area (Å²) in [7, 11) is 0. The number of hydrogen-bond acceptors (Lipinski definition) is 4. The van der Waals surface area contributed by atoms with Gasteiger partial charge in [-0.05, 0) is 51.3 Å². The van der Waals surface area contributed by atoms with Crippen LogP contribution in [0, 0.1) is 12.8 Å². The average Bonchev–Trinajstić information content (AvgIpc) is 2.87. The molecule has 0 spiro atoms. The number of rotatable bonds is 5. The van der Waals surface area contributed by atoms with E-state index >= 15 is 0 Å². The van der Waals surface area contributed by atoms with E-state index in [2.05, 4.69) is 16.8 Å². The average molecular weight is 276 g/mol. The lowest BCUT2D eigenvalue weighted by Gasteiger charge is -2.34. The molecule has 1 aromatic rings. The normalized spacial score (nSPS) is 21.9. The predicted octanol–water partition coefficient (Wildman–Crippen LogP) is 1.44. The highest BCUT2D eigenvalue weighted by Gasteiger charge is 2.32. The van der Waals surface area contributed by atoms with Gasteiger partial charge in [0.1, 0.15) is 5.82 Å². The number of carbonyl (C=O) groups is 1. The van der Waals surface area contributed by atoms with Crippen molar-refractivity contribution in [3.8, 4) is 0 Å². The lowest BCUT2D eigenvalue weighted by Crippen LogP contribution is -2.42. The van der Waals surface area contributed by atoms with Crippen molar-refractivity contribution in [2.75, 3.05) is 18.0 Å². The van der Waals surface area contributed by atoms with Gasteiger partial charge < -0.3 is 16.4 Å². The van der Waals surface area contributed by atoms with Crippen LogP contribution in [0.5, 0.6) is 0 Å². The van der Waals surface area contributed by atoms with Crippen molar-refractivity contribution < 1.29 is 4.79 Å². The number of hydrogen-bond donors (Lipinski definition) is 2. The molecular weight excluding hydrogens is 252 g/mol. The summed E-state index contributed by atoms with van der Waals surface area (Å²) in [5.74, 6) is 0.761. The Morgan fingerprint density at radius 1 is 1.45 bits per heavy atom. The number of primary amides is 1. The maximum absolute atomic E-state index is 11.7. The highest BCUT2D eigenvalue weighted by Crippen LogP contribution is 2.33. The highest BCUT2D eigenvalue weighted by molar-refractivity contribution is 5.97. The molecule has 0 aliphatic heterocycles. The van der Waals surface area contributed by atoms with Gasteiger partial charge in [0.25, 0.3) is 5.91 Å². The third-order valence-electron chi connectivity index (χ3n) is 4.21. The van der Waals surface area contributed by atoms with Gasteiger partial charge in [0.2, 0.25) is 0 Å². The lowest BCUT2D eigenvalue weighted by atomic mass is 10.0. The zero-order chi connectivity index (χ0) is 14.7. The summed E-state index contributed by atoms with van der Waals surface area (Å²) in [6.45, 7) is 5.49. The van der Waals surface area contributed by atoms with E-state index in [0.717, 1.165) is 25.1 Å². The van der Waals surface area contributed by atoms with Crippen LogP contribution in [0.15, 0.2) is 12.1 Å². The predicted molar refractivity (Wildman–Crippen MR) is 80.7 cm³/mol. The molecule has 1 aliphatic rings. The van der Waals surface area contributed by atoms with Gasteiger partial charge in [-0.15, -0.1) is 0 Å². The van der Waals surface area contributed by atoms with E-state index < -0.39 is 5.91 Å². The number of aryl methyl sites for hydroxylation is 1. The molecule has 1 aliphatic carbocycles. The van der Waals surface area contributed by atoms with E-state index in [1.807, 2.05) is 13.0 Å². The number of nitrogens with zero attached hydrogens (tertiary/aromatic N) is 2. The number of aromatic nitrogens is 1. The summed E-state index contributed by atoms with van der Waals surface area (Å²) >= 11 is 0. The number of amides is 1. The van der Waals surface area contributed by atoms with Gasteiger partial charge in [-0.25, -0.2) is 4.98 Å². The van der Waals surface area contributed by atoms with Gasteiger partial charge in [-0.2, -0.15) is 0 Å². The van der Waals surface area contributed by atoms with Crippen LogP contribution in [0.4, 0.5) is 5.82 Å². The second-order valence-corrected chi connectivity index (χ2v) is 5.47. The fourth-order valence-electron chi connectivity index (χ4n) is 3.20. The molecule has 2 atom stereocenters. The Bertz CT molecular complexity index is 489. The fraction of sp³-hybridized carbons (Fsp3) is 0.600. The molecule has 2 rings (SSSR count). The summed E-state index contributed by atoms with van der Waals surface area (Å²) in [5, 5.41) is 0. The minimum absolute atomic E-state index is 0.359. The van der Waals surface area contributed by atoms with E-state index in [0.29, 0.717) is 29.9 Å². The van der Waals surface area contributed by atoms with Crippen molar-refractivity contribution in [2.24, 2.45) is 17.4 Å². The minimum Gasteiger partial charge on any atom is -0.365 e. The molecule has 1 fully saturated rings. The molecule has 0 bridgehead atoms. The second-order valence-electron chi connectivity index (χ2n) is 5.47. The van der Waals surface area contributed by atoms with Crippen molar-refractivity contribution >= 4 is 11.7 Å². The van der Waals surface area contributed by atoms with E-state index in [1.54, 1.807) is 6.07 Å². The van der Waals surface area contributed by atoms with Crippen LogP contribution in [-0.4, -0.2) is 30.0 Å². The van der Waals surface area contributed by atoms with E-state index in [-0.39, 0.29) is 0 Å². The largest absolute Gasteiger partial charge is 0.365 e. The van der Waals surface area contributed by atoms with Crippen molar-refractivity contribution in [2.45, 2.75) is 39.2 Å². The SMILES string of the molecule is CCN(c1nc(C)ccc1C(N)=O)C1CCCC1CN. The Hall–Kier alpha value is -1.62. The van der Waals surface area contributed by atoms with Gasteiger partial charge in [-0.1, -0.05) is 6.42 Å². The van der Waals surface area contributed by atoms with Crippen LogP contribution in [-0.2, 0) is 0 Å². The van der Waals surface area contributed by atoms with E-state index in [4.69, 9.17) is 11.5 Å². The molecule has 4 N–H and O–H groups in total. The van der Waals surface area contributed by atoms with Crippen molar-refractivity contribution in [3.05, 3.63) is 23.4 Å². The monoisotopic (exact) mass is 276 g/mol. The molecule has 0 aromatic carbocycles. The summed E-state index contributed by atoms with van der Waals surface area (Å²) in [6.07, 6.45) is 3.43. The van der Waals surface area contributed by atoms with Gasteiger partial charge in [0.05, 0.1) is 5.56 Å². The first-order valence-corrected chi connectivity index (χ1v) is 7.32. The summed E-state index contributed by atoms with van der Waals surface area (Å²) in [5.41, 5.74) is 12.8. The van der Waals surface area contributed by atoms with Gasteiger partial charge in [0.15, 0.2) is 0 Å². The third kappa shape index (κ3) is 2.77. The van der Waals surface area contributed by atoms with Gasteiger partial charge in [0, 0.05) is 18.3 Å². The van der Waals surface area contributed by atoms with Gasteiger partial charge >= 0.3 is 0 Å². The van der Waals surface area contributed by atoms with Crippen molar-refractivity contribution in [1.82, 2.24) is 4.98 Å². The number of nitrogens with two attached hydrogens (primary N) is 2. The summed E-state index contributed by atoms with van der Waals surface area (Å²) < 4.78 is 0. The molecule has 1 amide bonds. The maximum Gasteiger partial charge on any atom is 0.252 e. The maximum atomic E-state index is 11.7. The van der Waals surface area contributed by atoms with Crippen molar-refractivity contribution in [1.29, 1.82) is 0 Å². The highest BCUT2D eigenvalue weighted by atomic mass is 16.1. The summed E-state index contributed by atoms with van der Waals surface area (Å²) in [4.78, 5) is 18.4. The first-order chi connectivity index (χ1) is 9.58. The number of anilines is 1. The van der Waals surface area contributed by atoms with Crippen LogP contribution >= 0.6 is 0 Å². The molecule has 5 nitrogen and oxygen atoms in total. The zero-order valence-corrected chi connectivity index (χ0v) is 12.3. The standard InChI is InChI=1S/C15H24N4O/c1-3-19(13-6-4-5-11(13)9-16)15-12(14(17)20)8-7-10(2)18-15/h7-8,11,13H,3-6,9,16H2,1-2H3,(H2,17,20). The topological polar surface area (TPSA) is 85.2 Å². The minimum atomic E-state index is -0.423. The molecule has 1 heterocycles. The van der Waals surface area contributed by atoms with E-state index in [9.17, 15) is 4.79 Å². The second kappa shape index (κ2) is 6.22. The summed E-state index contributed by atoms with van der Waals surface area (Å²) in [6, 6.07) is 3.96. The first kappa shape index (κ1) is 14.8. The fourth-order valence-corrected chi connectivity index (χ4v) is 3.20. The Kier molecular flexibility index (Phi) is 4.60. The number of pyridine rings is 1. The Morgan fingerprint density at radius 2 is 2.20 bits per heavy atom. The van der Waals surface area contributed by atoms with Crippen LogP contribution in [0.25, 0.3) is 0 Å². The molecule has 20 heavy (non-hydrogen) atoms. The quantitative estimate of drug-likeness (QED) is 0.852. The van der Waals surface area contributed by atoms with Crippen LogP contribution in [0.1, 0.15) is 42.2 Å². The third-order valence-corrected chi connectivity index (χ3v) is 4.21. The Balaban J connectivity index is 2.40. The smallest absolute Gasteiger partial charge is 0.252 e. The van der Waals surface area contributed by atoms with E-state index in [1.165, 1.54) is 6.42 Å². The Labute approximate surface area is 120 Å². The molecule has 0 saturated heterocycles. The van der Waals surface area contributed by atoms with Crippen LogP contribution in [0.3, 0.4) is 0 Å². The van der Waals surface area contributed by atoms with Gasteiger partial charge in [-0.3, -0.25) is 4.79 Å². The Morgan fingerprint density at radius 3 is 2.80 bits per heavy atom. The molecule has 0 radical (unpaired) electrons. The molecule has 1 saturated carbocycles.